The van der Waals surface area contributed by atoms with E-state index in [1.807, 2.05) is 79.4 Å². The first-order chi connectivity index (χ1) is 16.0. The predicted molar refractivity (Wildman–Crippen MR) is 126 cm³/mol. The summed E-state index contributed by atoms with van der Waals surface area (Å²) < 4.78 is 5.33. The molecule has 0 radical (unpaired) electrons. The van der Waals surface area contributed by atoms with Crippen molar-refractivity contribution >= 4 is 5.91 Å². The Balaban J connectivity index is 1.68. The number of hydrogen-bond acceptors (Lipinski definition) is 4. The van der Waals surface area contributed by atoms with Gasteiger partial charge in [-0.3, -0.25) is 9.89 Å². The number of aromatic amines is 1. The molecule has 0 bridgehead atoms. The van der Waals surface area contributed by atoms with Crippen molar-refractivity contribution in [2.45, 2.75) is 26.4 Å². The topological polar surface area (TPSA) is 78.5 Å². The fourth-order valence-corrected chi connectivity index (χ4v) is 4.72. The number of nitrogens with zero attached hydrogens (tertiary/aromatic N) is 2. The lowest BCUT2D eigenvalue weighted by molar-refractivity contribution is 0.0730. The molecular weight excluding hydrogens is 414 g/mol. The van der Waals surface area contributed by atoms with Crippen molar-refractivity contribution in [2.24, 2.45) is 0 Å². The SMILES string of the molecule is COc1ccc(C2c3c(-c4c(C)cc(C)cc4O)n[nH]c3C(=O)N2Cc2ccccc2)cc1. The van der Waals surface area contributed by atoms with Gasteiger partial charge < -0.3 is 14.7 Å². The van der Waals surface area contributed by atoms with Gasteiger partial charge in [-0.25, -0.2) is 0 Å². The number of aryl methyl sites for hydroxylation is 2. The van der Waals surface area contributed by atoms with Crippen LogP contribution in [0.4, 0.5) is 0 Å². The Morgan fingerprint density at radius 3 is 2.45 bits per heavy atom. The highest BCUT2D eigenvalue weighted by molar-refractivity contribution is 6.00. The van der Waals surface area contributed by atoms with Crippen molar-refractivity contribution in [3.63, 3.8) is 0 Å². The first-order valence-corrected chi connectivity index (χ1v) is 10.9. The van der Waals surface area contributed by atoms with E-state index in [1.165, 1.54) is 0 Å². The number of carbonyl (C=O) groups is 1. The summed E-state index contributed by atoms with van der Waals surface area (Å²) in [5.74, 6) is 0.791. The Kier molecular flexibility index (Phi) is 5.13. The summed E-state index contributed by atoms with van der Waals surface area (Å²) in [6.45, 7) is 4.35. The normalized spacial score (nSPS) is 15.1. The highest BCUT2D eigenvalue weighted by Crippen LogP contribution is 2.46. The summed E-state index contributed by atoms with van der Waals surface area (Å²) in [4.78, 5) is 15.4. The minimum atomic E-state index is -0.354. The minimum Gasteiger partial charge on any atom is -0.507 e. The molecule has 0 fully saturated rings. The van der Waals surface area contributed by atoms with Crippen LogP contribution in [0.3, 0.4) is 0 Å². The molecule has 2 heterocycles. The van der Waals surface area contributed by atoms with Crippen LogP contribution in [0.15, 0.2) is 66.7 Å². The van der Waals surface area contributed by atoms with Crippen LogP contribution in [0.2, 0.25) is 0 Å². The molecule has 2 N–H and O–H groups in total. The lowest BCUT2D eigenvalue weighted by Crippen LogP contribution is -2.29. The van der Waals surface area contributed by atoms with E-state index < -0.39 is 0 Å². The molecule has 1 aliphatic rings. The van der Waals surface area contributed by atoms with Crippen LogP contribution in [0, 0.1) is 13.8 Å². The molecule has 0 saturated carbocycles. The number of H-pyrrole nitrogens is 1. The molecule has 1 aliphatic heterocycles. The van der Waals surface area contributed by atoms with Crippen LogP contribution in [0.25, 0.3) is 11.3 Å². The van der Waals surface area contributed by atoms with Gasteiger partial charge in [0.1, 0.15) is 22.9 Å². The first kappa shape index (κ1) is 20.8. The van der Waals surface area contributed by atoms with Gasteiger partial charge in [-0.05, 0) is 54.3 Å². The van der Waals surface area contributed by atoms with Gasteiger partial charge in [0.2, 0.25) is 0 Å². The molecule has 33 heavy (non-hydrogen) atoms. The van der Waals surface area contributed by atoms with E-state index in [1.54, 1.807) is 13.2 Å². The molecule has 0 aliphatic carbocycles. The van der Waals surface area contributed by atoms with Gasteiger partial charge in [0.05, 0.1) is 13.2 Å². The number of benzene rings is 3. The maximum atomic E-state index is 13.5. The van der Waals surface area contributed by atoms with Crippen LogP contribution in [0.1, 0.15) is 44.3 Å². The van der Waals surface area contributed by atoms with Crippen LogP contribution in [-0.4, -0.2) is 33.2 Å². The number of fused-ring (bicyclic) bond motifs is 1. The van der Waals surface area contributed by atoms with Gasteiger partial charge in [-0.2, -0.15) is 5.10 Å². The largest absolute Gasteiger partial charge is 0.507 e. The maximum Gasteiger partial charge on any atom is 0.273 e. The zero-order chi connectivity index (χ0) is 23.1. The third kappa shape index (κ3) is 3.53. The molecule has 0 spiro atoms. The van der Waals surface area contributed by atoms with E-state index in [0.29, 0.717) is 23.5 Å². The third-order valence-corrected chi connectivity index (χ3v) is 6.19. The van der Waals surface area contributed by atoms with Crippen LogP contribution in [0.5, 0.6) is 11.5 Å². The van der Waals surface area contributed by atoms with Gasteiger partial charge >= 0.3 is 0 Å². The van der Waals surface area contributed by atoms with E-state index in [2.05, 4.69) is 10.2 Å². The highest BCUT2D eigenvalue weighted by Gasteiger charge is 2.42. The Bertz CT molecular complexity index is 1300. The third-order valence-electron chi connectivity index (χ3n) is 6.19. The molecule has 6 heteroatoms. The molecule has 166 valence electrons. The lowest BCUT2D eigenvalue weighted by atomic mass is 9.93. The molecule has 4 aromatic rings. The van der Waals surface area contributed by atoms with E-state index in [0.717, 1.165) is 33.6 Å². The van der Waals surface area contributed by atoms with Crippen LogP contribution >= 0.6 is 0 Å². The van der Waals surface area contributed by atoms with Gasteiger partial charge in [0.15, 0.2) is 0 Å². The molecule has 5 rings (SSSR count). The van der Waals surface area contributed by atoms with Crippen molar-refractivity contribution in [1.82, 2.24) is 15.1 Å². The minimum absolute atomic E-state index is 0.113. The number of phenolic OH excluding ortho intramolecular Hbond substituents is 1. The molecule has 0 saturated heterocycles. The Morgan fingerprint density at radius 1 is 1.06 bits per heavy atom. The van der Waals surface area contributed by atoms with Crippen molar-refractivity contribution in [2.75, 3.05) is 7.11 Å². The number of rotatable bonds is 5. The number of aromatic nitrogens is 2. The van der Waals surface area contributed by atoms with E-state index in [-0.39, 0.29) is 17.7 Å². The summed E-state index contributed by atoms with van der Waals surface area (Å²) in [6, 6.07) is 21.1. The average molecular weight is 440 g/mol. The Hall–Kier alpha value is -4.06. The second kappa shape index (κ2) is 8.13. The molecule has 1 amide bonds. The fourth-order valence-electron chi connectivity index (χ4n) is 4.72. The number of hydrogen-bond donors (Lipinski definition) is 2. The summed E-state index contributed by atoms with van der Waals surface area (Å²) in [7, 11) is 1.63. The standard InChI is InChI=1S/C27H25N3O3/c1-16-13-17(2)22(21(31)14-16)24-23-25(29-28-24)27(32)30(15-18-7-5-4-6-8-18)26(23)19-9-11-20(33-3)12-10-19/h4-14,26,31H,15H2,1-3H3,(H,28,29). The fraction of sp³-hybridized carbons (Fsp3) is 0.185. The number of methoxy groups -OCH3 is 1. The number of phenols is 1. The second-order valence-corrected chi connectivity index (χ2v) is 8.43. The maximum absolute atomic E-state index is 13.5. The Morgan fingerprint density at radius 2 is 1.79 bits per heavy atom. The molecule has 6 nitrogen and oxygen atoms in total. The number of carbonyl (C=O) groups excluding carboxylic acids is 1. The lowest BCUT2D eigenvalue weighted by Gasteiger charge is -2.27. The quantitative estimate of drug-likeness (QED) is 0.451. The van der Waals surface area contributed by atoms with E-state index >= 15 is 0 Å². The summed E-state index contributed by atoms with van der Waals surface area (Å²) in [6.07, 6.45) is 0. The van der Waals surface area contributed by atoms with E-state index in [4.69, 9.17) is 4.74 Å². The number of ether oxygens (including phenoxy) is 1. The first-order valence-electron chi connectivity index (χ1n) is 10.9. The average Bonchev–Trinajstić information content (AvgIpc) is 3.33. The van der Waals surface area contributed by atoms with Gasteiger partial charge in [0.25, 0.3) is 5.91 Å². The predicted octanol–water partition coefficient (Wildman–Crippen LogP) is 5.15. The zero-order valence-corrected chi connectivity index (χ0v) is 18.8. The van der Waals surface area contributed by atoms with Crippen molar-refractivity contribution < 1.29 is 14.6 Å². The molecule has 1 aromatic heterocycles. The molecular formula is C27H25N3O3. The van der Waals surface area contributed by atoms with Gasteiger partial charge in [-0.15, -0.1) is 0 Å². The van der Waals surface area contributed by atoms with Crippen molar-refractivity contribution in [1.29, 1.82) is 0 Å². The monoisotopic (exact) mass is 439 g/mol. The molecule has 1 unspecified atom stereocenters. The zero-order valence-electron chi connectivity index (χ0n) is 18.8. The van der Waals surface area contributed by atoms with Crippen LogP contribution in [-0.2, 0) is 6.54 Å². The highest BCUT2D eigenvalue weighted by atomic mass is 16.5. The van der Waals surface area contributed by atoms with Gasteiger partial charge in [-0.1, -0.05) is 48.5 Å². The second-order valence-electron chi connectivity index (χ2n) is 8.43. The molecule has 1 atom stereocenters. The van der Waals surface area contributed by atoms with Crippen molar-refractivity contribution in [3.8, 4) is 22.8 Å². The summed E-state index contributed by atoms with van der Waals surface area (Å²) in [5.41, 5.74) is 6.35. The van der Waals surface area contributed by atoms with Crippen LogP contribution < -0.4 is 4.74 Å². The summed E-state index contributed by atoms with van der Waals surface area (Å²) >= 11 is 0. The van der Waals surface area contributed by atoms with Gasteiger partial charge in [0, 0.05) is 17.7 Å². The number of nitrogens with one attached hydrogen (secondary N) is 1. The Labute approximate surface area is 192 Å². The number of amides is 1. The summed E-state index contributed by atoms with van der Waals surface area (Å²) in [5, 5.41) is 18.3. The molecule has 3 aromatic carbocycles. The smallest absolute Gasteiger partial charge is 0.273 e. The number of aromatic hydroxyl groups is 1. The van der Waals surface area contributed by atoms with Crippen molar-refractivity contribution in [3.05, 3.63) is 100 Å². The van der Waals surface area contributed by atoms with E-state index in [9.17, 15) is 9.90 Å².